The number of carbonyl (C=O) groups excluding carboxylic acids is 4. The van der Waals surface area contributed by atoms with Gasteiger partial charge in [-0.15, -0.1) is 0 Å². The second-order valence-corrected chi connectivity index (χ2v) is 10.4. The average molecular weight is 594 g/mol. The summed E-state index contributed by atoms with van der Waals surface area (Å²) in [7, 11) is 0. The minimum atomic E-state index is -0.582. The molecular formula is C28H24BrN3O5S. The molecule has 4 amide bonds. The molecule has 1 aliphatic rings. The van der Waals surface area contributed by atoms with Gasteiger partial charge in [0.15, 0.2) is 6.61 Å². The van der Waals surface area contributed by atoms with Crippen LogP contribution in [0, 0.1) is 13.8 Å². The molecule has 4 rings (SSSR count). The molecule has 0 radical (unpaired) electrons. The first-order valence-corrected chi connectivity index (χ1v) is 13.2. The maximum Gasteiger partial charge on any atom is 0.294 e. The first kappa shape index (κ1) is 27.2. The van der Waals surface area contributed by atoms with Crippen molar-refractivity contribution in [2.75, 3.05) is 23.8 Å². The van der Waals surface area contributed by atoms with Crippen LogP contribution in [-0.2, 0) is 14.4 Å². The number of hydrogen-bond acceptors (Lipinski definition) is 6. The monoisotopic (exact) mass is 593 g/mol. The summed E-state index contributed by atoms with van der Waals surface area (Å²) in [5.74, 6) is -1.04. The number of carbonyl (C=O) groups is 4. The number of amides is 4. The van der Waals surface area contributed by atoms with Gasteiger partial charge in [-0.05, 0) is 79.2 Å². The number of anilines is 2. The summed E-state index contributed by atoms with van der Waals surface area (Å²) in [4.78, 5) is 51.4. The molecule has 8 nitrogen and oxygen atoms in total. The van der Waals surface area contributed by atoms with Gasteiger partial charge in [0.05, 0.1) is 4.91 Å². The Morgan fingerprint density at radius 1 is 0.974 bits per heavy atom. The Balaban J connectivity index is 1.44. The molecule has 0 atom stereocenters. The normalized spacial score (nSPS) is 14.1. The molecule has 1 heterocycles. The molecule has 38 heavy (non-hydrogen) atoms. The number of nitrogens with one attached hydrogen (secondary N) is 2. The van der Waals surface area contributed by atoms with Crippen LogP contribution in [0.4, 0.5) is 16.2 Å². The van der Waals surface area contributed by atoms with Gasteiger partial charge in [0.25, 0.3) is 17.1 Å². The van der Waals surface area contributed by atoms with Crippen LogP contribution < -0.4 is 15.4 Å². The van der Waals surface area contributed by atoms with Gasteiger partial charge < -0.3 is 15.4 Å². The summed E-state index contributed by atoms with van der Waals surface area (Å²) in [5.41, 5.74) is 3.73. The van der Waals surface area contributed by atoms with Crippen molar-refractivity contribution in [2.24, 2.45) is 0 Å². The van der Waals surface area contributed by atoms with E-state index >= 15 is 0 Å². The number of para-hydroxylation sites is 1. The van der Waals surface area contributed by atoms with Crippen molar-refractivity contribution >= 4 is 68.1 Å². The highest BCUT2D eigenvalue weighted by Crippen LogP contribution is 2.35. The highest BCUT2D eigenvalue weighted by Gasteiger charge is 2.36. The van der Waals surface area contributed by atoms with E-state index < -0.39 is 23.6 Å². The fourth-order valence-electron chi connectivity index (χ4n) is 3.61. The predicted octanol–water partition coefficient (Wildman–Crippen LogP) is 5.76. The minimum Gasteiger partial charge on any atom is -0.483 e. The number of rotatable bonds is 8. The summed E-state index contributed by atoms with van der Waals surface area (Å²) >= 11 is 4.14. The second-order valence-electron chi connectivity index (χ2n) is 8.52. The van der Waals surface area contributed by atoms with Crippen LogP contribution in [-0.4, -0.2) is 41.0 Å². The van der Waals surface area contributed by atoms with Gasteiger partial charge in [-0.3, -0.25) is 24.1 Å². The van der Waals surface area contributed by atoms with Crippen LogP contribution in [0.25, 0.3) is 6.08 Å². The van der Waals surface area contributed by atoms with Crippen molar-refractivity contribution in [3.05, 3.63) is 92.8 Å². The lowest BCUT2D eigenvalue weighted by atomic mass is 10.1. The molecule has 1 saturated heterocycles. The number of halogens is 1. The molecule has 10 heteroatoms. The molecule has 1 aliphatic heterocycles. The van der Waals surface area contributed by atoms with Crippen molar-refractivity contribution in [3.63, 3.8) is 0 Å². The Hall–Kier alpha value is -3.89. The zero-order chi connectivity index (χ0) is 27.2. The Kier molecular flexibility index (Phi) is 8.65. The lowest BCUT2D eigenvalue weighted by Gasteiger charge is -2.13. The Bertz CT molecular complexity index is 1440. The smallest absolute Gasteiger partial charge is 0.294 e. The molecule has 3 aromatic carbocycles. The molecule has 0 aromatic heterocycles. The van der Waals surface area contributed by atoms with Crippen molar-refractivity contribution in [1.29, 1.82) is 0 Å². The Morgan fingerprint density at radius 2 is 1.74 bits per heavy atom. The molecular weight excluding hydrogens is 570 g/mol. The number of imide groups is 1. The Labute approximate surface area is 232 Å². The molecule has 1 fully saturated rings. The van der Waals surface area contributed by atoms with Crippen molar-refractivity contribution in [1.82, 2.24) is 4.90 Å². The molecule has 0 unspecified atom stereocenters. The maximum atomic E-state index is 13.0. The standard InChI is InChI=1S/C28H24BrN3O5S/c1-17-8-9-18(2)22(12-17)31-26(34)16-37-23-11-10-20(29)13-19(23)14-24-27(35)32(28(36)38-24)15-25(33)30-21-6-4-3-5-7-21/h3-14H,15-16H2,1-2H3,(H,30,33)(H,31,34)/b24-14-. The molecule has 3 aromatic rings. The number of aryl methyl sites for hydroxylation is 2. The van der Waals surface area contributed by atoms with E-state index in [-0.39, 0.29) is 17.4 Å². The fraction of sp³-hybridized carbons (Fsp3) is 0.143. The summed E-state index contributed by atoms with van der Waals surface area (Å²) < 4.78 is 6.49. The number of ether oxygens (including phenoxy) is 1. The second kappa shape index (κ2) is 12.1. The van der Waals surface area contributed by atoms with Crippen LogP contribution in [0.1, 0.15) is 16.7 Å². The third kappa shape index (κ3) is 6.90. The molecule has 2 N–H and O–H groups in total. The van der Waals surface area contributed by atoms with Crippen LogP contribution in [0.15, 0.2) is 76.1 Å². The summed E-state index contributed by atoms with van der Waals surface area (Å²) in [5, 5.41) is 4.96. The van der Waals surface area contributed by atoms with Gasteiger partial charge >= 0.3 is 0 Å². The average Bonchev–Trinajstić information content (AvgIpc) is 3.13. The van der Waals surface area contributed by atoms with E-state index in [1.54, 1.807) is 42.5 Å². The lowest BCUT2D eigenvalue weighted by Crippen LogP contribution is -2.36. The fourth-order valence-corrected chi connectivity index (χ4v) is 4.81. The van der Waals surface area contributed by atoms with Crippen LogP contribution in [0.5, 0.6) is 5.75 Å². The van der Waals surface area contributed by atoms with Gasteiger partial charge in [0.2, 0.25) is 5.91 Å². The lowest BCUT2D eigenvalue weighted by molar-refractivity contribution is -0.127. The van der Waals surface area contributed by atoms with Crippen LogP contribution >= 0.6 is 27.7 Å². The van der Waals surface area contributed by atoms with E-state index in [0.717, 1.165) is 32.3 Å². The van der Waals surface area contributed by atoms with Crippen molar-refractivity contribution < 1.29 is 23.9 Å². The molecule has 0 spiro atoms. The number of thioether (sulfide) groups is 1. The molecule has 0 bridgehead atoms. The summed E-state index contributed by atoms with van der Waals surface area (Å²) in [6.07, 6.45) is 1.52. The van der Waals surface area contributed by atoms with E-state index in [2.05, 4.69) is 26.6 Å². The van der Waals surface area contributed by atoms with E-state index in [1.807, 2.05) is 38.1 Å². The zero-order valence-electron chi connectivity index (χ0n) is 20.6. The molecule has 0 saturated carbocycles. The van der Waals surface area contributed by atoms with Crippen molar-refractivity contribution in [3.8, 4) is 5.75 Å². The van der Waals surface area contributed by atoms with Gasteiger partial charge in [0.1, 0.15) is 12.3 Å². The van der Waals surface area contributed by atoms with E-state index in [4.69, 9.17) is 4.74 Å². The summed E-state index contributed by atoms with van der Waals surface area (Å²) in [6.45, 7) is 3.19. The number of hydrogen-bond donors (Lipinski definition) is 2. The highest BCUT2D eigenvalue weighted by molar-refractivity contribution is 9.10. The van der Waals surface area contributed by atoms with E-state index in [9.17, 15) is 19.2 Å². The quantitative estimate of drug-likeness (QED) is 0.322. The van der Waals surface area contributed by atoms with Gasteiger partial charge in [-0.2, -0.15) is 0 Å². The van der Waals surface area contributed by atoms with Crippen LogP contribution in [0.3, 0.4) is 0 Å². The largest absolute Gasteiger partial charge is 0.483 e. The molecule has 194 valence electrons. The molecule has 0 aliphatic carbocycles. The highest BCUT2D eigenvalue weighted by atomic mass is 79.9. The van der Waals surface area contributed by atoms with Gasteiger partial charge in [0, 0.05) is 21.4 Å². The first-order chi connectivity index (χ1) is 18.2. The topological polar surface area (TPSA) is 105 Å². The van der Waals surface area contributed by atoms with Gasteiger partial charge in [-0.1, -0.05) is 46.3 Å². The SMILES string of the molecule is Cc1ccc(C)c(NC(=O)COc2ccc(Br)cc2/C=C2\SC(=O)N(CC(=O)Nc3ccccc3)C2=O)c1. The number of benzene rings is 3. The summed E-state index contributed by atoms with van der Waals surface area (Å²) in [6, 6.07) is 19.7. The van der Waals surface area contributed by atoms with E-state index in [0.29, 0.717) is 22.7 Å². The van der Waals surface area contributed by atoms with Crippen LogP contribution in [0.2, 0.25) is 0 Å². The third-order valence-electron chi connectivity index (χ3n) is 5.52. The van der Waals surface area contributed by atoms with E-state index in [1.165, 1.54) is 6.08 Å². The first-order valence-electron chi connectivity index (χ1n) is 11.6. The minimum absolute atomic E-state index is 0.144. The Morgan fingerprint density at radius 3 is 2.50 bits per heavy atom. The van der Waals surface area contributed by atoms with Gasteiger partial charge in [-0.25, -0.2) is 0 Å². The predicted molar refractivity (Wildman–Crippen MR) is 152 cm³/mol. The number of nitrogens with zero attached hydrogens (tertiary/aromatic N) is 1. The zero-order valence-corrected chi connectivity index (χ0v) is 23.0. The maximum absolute atomic E-state index is 13.0. The third-order valence-corrected chi connectivity index (χ3v) is 6.92. The van der Waals surface area contributed by atoms with Crippen molar-refractivity contribution in [2.45, 2.75) is 13.8 Å².